The number of nitrogens with zero attached hydrogens (tertiary/aromatic N) is 3. The number of hydrogen-bond acceptors (Lipinski definition) is 6. The summed E-state index contributed by atoms with van der Waals surface area (Å²) < 4.78 is 23.0. The Labute approximate surface area is 155 Å². The molecule has 2 fully saturated rings. The Hall–Kier alpha value is -1.67. The molecule has 1 unspecified atom stereocenters. The molecule has 1 N–H and O–H groups in total. The molecule has 0 aromatic carbocycles. The second kappa shape index (κ2) is 8.35. The van der Waals surface area contributed by atoms with Gasteiger partial charge in [0.25, 0.3) is 5.91 Å². The minimum Gasteiger partial charge on any atom is -0.369 e. The summed E-state index contributed by atoms with van der Waals surface area (Å²) in [5.41, 5.74) is 0.502. The van der Waals surface area contributed by atoms with Gasteiger partial charge in [-0.05, 0) is 38.1 Å². The van der Waals surface area contributed by atoms with E-state index < -0.39 is 9.84 Å². The first-order valence-corrected chi connectivity index (χ1v) is 11.2. The van der Waals surface area contributed by atoms with Gasteiger partial charge in [0.15, 0.2) is 9.84 Å². The minimum absolute atomic E-state index is 0.0428. The number of carbonyl (C=O) groups excluding carboxylic acids is 1. The van der Waals surface area contributed by atoms with Crippen LogP contribution in [0.2, 0.25) is 0 Å². The number of anilines is 1. The average Bonchev–Trinajstić information content (AvgIpc) is 2.66. The fourth-order valence-corrected chi connectivity index (χ4v) is 4.85. The molecule has 8 heteroatoms. The summed E-state index contributed by atoms with van der Waals surface area (Å²) in [6.45, 7) is 5.81. The third-order valence-electron chi connectivity index (χ3n) is 5.32. The van der Waals surface area contributed by atoms with Crippen LogP contribution in [0.15, 0.2) is 18.3 Å². The van der Waals surface area contributed by atoms with E-state index in [0.717, 1.165) is 25.5 Å². The fraction of sp³-hybridized carbons (Fsp3) is 0.667. The van der Waals surface area contributed by atoms with Crippen LogP contribution in [-0.4, -0.2) is 79.4 Å². The molecule has 3 rings (SSSR count). The maximum absolute atomic E-state index is 12.5. The highest BCUT2D eigenvalue weighted by Crippen LogP contribution is 2.17. The summed E-state index contributed by atoms with van der Waals surface area (Å²) in [5, 5.41) is 3.38. The van der Waals surface area contributed by atoms with Crippen molar-refractivity contribution in [2.75, 3.05) is 49.5 Å². The van der Waals surface area contributed by atoms with Gasteiger partial charge in [-0.1, -0.05) is 13.3 Å². The first kappa shape index (κ1) is 19.1. The van der Waals surface area contributed by atoms with Crippen molar-refractivity contribution >= 4 is 21.6 Å². The summed E-state index contributed by atoms with van der Waals surface area (Å²) >= 11 is 0. The molecule has 0 radical (unpaired) electrons. The van der Waals surface area contributed by atoms with Gasteiger partial charge in [0, 0.05) is 31.9 Å². The zero-order valence-corrected chi connectivity index (χ0v) is 16.2. The standard InChI is InChI=1S/C18H28N4O3S/c1-2-21-8-4-3-5-16(21)14-20-17-7-6-15(13-19-17)18(23)22-9-11-26(24,25)12-10-22/h6-7,13,16H,2-5,8-12,14H2,1H3,(H,19,20). The van der Waals surface area contributed by atoms with Crippen molar-refractivity contribution in [3.8, 4) is 0 Å². The van der Waals surface area contributed by atoms with Gasteiger partial charge in [0.05, 0.1) is 17.1 Å². The quantitative estimate of drug-likeness (QED) is 0.828. The molecule has 26 heavy (non-hydrogen) atoms. The Bertz CT molecular complexity index is 706. The minimum atomic E-state index is -2.99. The average molecular weight is 381 g/mol. The fourth-order valence-electron chi connectivity index (χ4n) is 3.65. The maximum Gasteiger partial charge on any atom is 0.255 e. The van der Waals surface area contributed by atoms with E-state index >= 15 is 0 Å². The van der Waals surface area contributed by atoms with Crippen LogP contribution in [0.25, 0.3) is 0 Å². The number of nitrogens with one attached hydrogen (secondary N) is 1. The van der Waals surface area contributed by atoms with E-state index in [0.29, 0.717) is 11.6 Å². The van der Waals surface area contributed by atoms with E-state index in [-0.39, 0.29) is 30.5 Å². The number of carbonyl (C=O) groups is 1. The monoisotopic (exact) mass is 380 g/mol. The van der Waals surface area contributed by atoms with Crippen molar-refractivity contribution in [3.05, 3.63) is 23.9 Å². The predicted molar refractivity (Wildman–Crippen MR) is 102 cm³/mol. The van der Waals surface area contributed by atoms with Crippen molar-refractivity contribution in [3.63, 3.8) is 0 Å². The Morgan fingerprint density at radius 1 is 1.23 bits per heavy atom. The van der Waals surface area contributed by atoms with Gasteiger partial charge in [-0.25, -0.2) is 13.4 Å². The van der Waals surface area contributed by atoms with Gasteiger partial charge in [-0.2, -0.15) is 0 Å². The van der Waals surface area contributed by atoms with Crippen LogP contribution in [0.3, 0.4) is 0 Å². The van der Waals surface area contributed by atoms with E-state index in [2.05, 4.69) is 22.1 Å². The highest BCUT2D eigenvalue weighted by atomic mass is 32.2. The number of piperidine rings is 1. The Morgan fingerprint density at radius 2 is 2.00 bits per heavy atom. The van der Waals surface area contributed by atoms with Crippen LogP contribution in [0.4, 0.5) is 5.82 Å². The first-order valence-electron chi connectivity index (χ1n) is 9.42. The molecule has 0 saturated carbocycles. The topological polar surface area (TPSA) is 82.6 Å². The molecule has 1 atom stereocenters. The van der Waals surface area contributed by atoms with Crippen LogP contribution in [-0.2, 0) is 9.84 Å². The molecule has 0 aliphatic carbocycles. The summed E-state index contributed by atoms with van der Waals surface area (Å²) in [5.74, 6) is 0.704. The lowest BCUT2D eigenvalue weighted by atomic mass is 10.0. The van der Waals surface area contributed by atoms with Gasteiger partial charge >= 0.3 is 0 Å². The molecule has 2 aliphatic rings. The Kier molecular flexibility index (Phi) is 6.13. The van der Waals surface area contributed by atoms with Crippen molar-refractivity contribution in [2.45, 2.75) is 32.2 Å². The molecule has 1 amide bonds. The molecule has 2 saturated heterocycles. The van der Waals surface area contributed by atoms with E-state index in [1.54, 1.807) is 17.2 Å². The van der Waals surface area contributed by atoms with Crippen LogP contribution in [0.5, 0.6) is 0 Å². The normalized spacial score (nSPS) is 23.6. The summed E-state index contributed by atoms with van der Waals surface area (Å²) in [4.78, 5) is 20.9. The molecule has 7 nitrogen and oxygen atoms in total. The number of pyridine rings is 1. The van der Waals surface area contributed by atoms with Gasteiger partial charge in [0.2, 0.25) is 0 Å². The third kappa shape index (κ3) is 4.73. The first-order chi connectivity index (χ1) is 12.5. The second-order valence-electron chi connectivity index (χ2n) is 7.04. The maximum atomic E-state index is 12.5. The van der Waals surface area contributed by atoms with Crippen LogP contribution >= 0.6 is 0 Å². The second-order valence-corrected chi connectivity index (χ2v) is 9.34. The predicted octanol–water partition coefficient (Wildman–Crippen LogP) is 1.24. The smallest absolute Gasteiger partial charge is 0.255 e. The van der Waals surface area contributed by atoms with Crippen LogP contribution in [0, 0.1) is 0 Å². The number of amides is 1. The van der Waals surface area contributed by atoms with Crippen molar-refractivity contribution in [2.24, 2.45) is 0 Å². The highest BCUT2D eigenvalue weighted by molar-refractivity contribution is 7.91. The lowest BCUT2D eigenvalue weighted by molar-refractivity contribution is 0.0770. The Morgan fingerprint density at radius 3 is 2.65 bits per heavy atom. The third-order valence-corrected chi connectivity index (χ3v) is 6.93. The number of rotatable bonds is 5. The van der Waals surface area contributed by atoms with Gasteiger partial charge in [-0.3, -0.25) is 9.69 Å². The van der Waals surface area contributed by atoms with Crippen LogP contribution in [0.1, 0.15) is 36.5 Å². The molecule has 0 spiro atoms. The number of likely N-dealkylation sites (tertiary alicyclic amines) is 1. The number of likely N-dealkylation sites (N-methyl/N-ethyl adjacent to an activating group) is 1. The number of aromatic nitrogens is 1. The van der Waals surface area contributed by atoms with E-state index in [4.69, 9.17) is 0 Å². The molecule has 1 aromatic rings. The summed E-state index contributed by atoms with van der Waals surface area (Å²) in [7, 11) is -2.99. The zero-order chi connectivity index (χ0) is 18.6. The van der Waals surface area contributed by atoms with Crippen molar-refractivity contribution in [1.29, 1.82) is 0 Å². The molecule has 0 bridgehead atoms. The van der Waals surface area contributed by atoms with Gasteiger partial charge < -0.3 is 10.2 Å². The number of hydrogen-bond donors (Lipinski definition) is 1. The van der Waals surface area contributed by atoms with Gasteiger partial charge in [-0.15, -0.1) is 0 Å². The lowest BCUT2D eigenvalue weighted by Crippen LogP contribution is -2.43. The van der Waals surface area contributed by atoms with Crippen molar-refractivity contribution in [1.82, 2.24) is 14.8 Å². The summed E-state index contributed by atoms with van der Waals surface area (Å²) in [6, 6.07) is 4.12. The summed E-state index contributed by atoms with van der Waals surface area (Å²) in [6.07, 6.45) is 5.33. The Balaban J connectivity index is 1.54. The highest BCUT2D eigenvalue weighted by Gasteiger charge is 2.26. The molecule has 3 heterocycles. The lowest BCUT2D eigenvalue weighted by Gasteiger charge is -2.35. The van der Waals surface area contributed by atoms with E-state index in [9.17, 15) is 13.2 Å². The molecule has 1 aromatic heterocycles. The molecule has 2 aliphatic heterocycles. The zero-order valence-electron chi connectivity index (χ0n) is 15.4. The van der Waals surface area contributed by atoms with Crippen LogP contribution < -0.4 is 5.32 Å². The van der Waals surface area contributed by atoms with E-state index in [1.165, 1.54) is 19.3 Å². The van der Waals surface area contributed by atoms with Crippen molar-refractivity contribution < 1.29 is 13.2 Å². The largest absolute Gasteiger partial charge is 0.369 e. The SMILES string of the molecule is CCN1CCCCC1CNc1ccc(C(=O)N2CCS(=O)(=O)CC2)cn1. The van der Waals surface area contributed by atoms with E-state index in [1.807, 2.05) is 6.07 Å². The number of sulfone groups is 1. The molecular weight excluding hydrogens is 352 g/mol. The molecular formula is C18H28N4O3S. The van der Waals surface area contributed by atoms with Gasteiger partial charge in [0.1, 0.15) is 5.82 Å². The molecule has 144 valence electrons.